The van der Waals surface area contributed by atoms with Gasteiger partial charge in [-0.25, -0.2) is 0 Å². The van der Waals surface area contributed by atoms with Crippen LogP contribution in [0.25, 0.3) is 61.3 Å². The molecule has 8 rings (SSSR count). The van der Waals surface area contributed by atoms with E-state index in [1.54, 1.807) is 18.3 Å². The molecule has 4 aromatic heterocycles. The Morgan fingerprint density at radius 3 is 2.39 bits per heavy atom. The second-order valence-electron chi connectivity index (χ2n) is 11.8. The molecule has 0 unspecified atom stereocenters. The molecule has 4 aromatic carbocycles. The molecule has 0 N–H and O–H groups in total. The molecule has 1 radical (unpaired) electrons. The van der Waals surface area contributed by atoms with Crippen LogP contribution in [0.5, 0.6) is 0 Å². The summed E-state index contributed by atoms with van der Waals surface area (Å²) in [6.07, 6.45) is 5.53. The summed E-state index contributed by atoms with van der Waals surface area (Å²) in [5.41, 5.74) is 7.31. The summed E-state index contributed by atoms with van der Waals surface area (Å²) in [5.74, 6) is 0.791. The van der Waals surface area contributed by atoms with Crippen LogP contribution in [0.3, 0.4) is 0 Å². The van der Waals surface area contributed by atoms with Crippen molar-refractivity contribution in [3.8, 4) is 28.3 Å². The van der Waals surface area contributed by atoms with E-state index in [0.717, 1.165) is 61.3 Å². The number of para-hydroxylation sites is 2. The maximum Gasteiger partial charge on any atom is 0.120 e. The number of fused-ring (bicyclic) bond motifs is 4. The number of imidazole rings is 1. The van der Waals surface area contributed by atoms with Crippen LogP contribution in [0.2, 0.25) is 19.6 Å². The molecule has 5 nitrogen and oxygen atoms in total. The molecule has 0 saturated carbocycles. The van der Waals surface area contributed by atoms with Gasteiger partial charge in [-0.1, -0.05) is 86.0 Å². The van der Waals surface area contributed by atoms with Crippen LogP contribution >= 0.6 is 0 Å². The Bertz CT molecular complexity index is 2310. The van der Waals surface area contributed by atoms with Gasteiger partial charge in [0.15, 0.2) is 0 Å². The van der Waals surface area contributed by atoms with Gasteiger partial charge in [0.05, 0.1) is 36.7 Å². The maximum atomic E-state index is 7.35. The molecule has 0 spiro atoms. The first kappa shape index (κ1) is 27.6. The fraction of sp³-hybridized carbons (Fsp3) is 0.103. The third kappa shape index (κ3) is 6.09. The Hall–Kier alpha value is -4.68. The van der Waals surface area contributed by atoms with Crippen molar-refractivity contribution in [3.63, 3.8) is 0 Å². The predicted molar refractivity (Wildman–Crippen MR) is 187 cm³/mol. The zero-order valence-electron chi connectivity index (χ0n) is 28.6. The van der Waals surface area contributed by atoms with Crippen molar-refractivity contribution in [1.82, 2.24) is 19.5 Å². The van der Waals surface area contributed by atoms with Crippen LogP contribution in [-0.4, -0.2) is 27.6 Å². The number of hydrogen-bond donors (Lipinski definition) is 0. The van der Waals surface area contributed by atoms with Crippen LogP contribution in [-0.2, 0) is 20.1 Å². The normalized spacial score (nSPS) is 12.5. The van der Waals surface area contributed by atoms with Gasteiger partial charge in [0, 0.05) is 47.7 Å². The average molecular weight is 796 g/mol. The van der Waals surface area contributed by atoms with Gasteiger partial charge >= 0.3 is 0 Å². The van der Waals surface area contributed by atoms with Crippen molar-refractivity contribution in [1.29, 1.82) is 0 Å². The molecule has 0 amide bonds. The fourth-order valence-electron chi connectivity index (χ4n) is 5.37. The molecule has 0 aliphatic carbocycles. The fourth-order valence-corrected chi connectivity index (χ4v) is 6.40. The second-order valence-corrected chi connectivity index (χ2v) is 16.9. The van der Waals surface area contributed by atoms with Crippen molar-refractivity contribution in [2.45, 2.75) is 26.5 Å². The largest absolute Gasteiger partial charge is 0.501 e. The smallest absolute Gasteiger partial charge is 0.120 e. The van der Waals surface area contributed by atoms with E-state index in [4.69, 9.17) is 13.5 Å². The molecule has 0 saturated heterocycles. The van der Waals surface area contributed by atoms with Crippen LogP contribution in [0.4, 0.5) is 0 Å². The predicted octanol–water partition coefficient (Wildman–Crippen LogP) is 9.19. The third-order valence-corrected chi connectivity index (χ3v) is 9.78. The summed E-state index contributed by atoms with van der Waals surface area (Å²) in [6, 6.07) is 39.5. The Morgan fingerprint density at radius 1 is 0.826 bits per heavy atom. The van der Waals surface area contributed by atoms with E-state index in [1.165, 1.54) is 11.3 Å². The summed E-state index contributed by atoms with van der Waals surface area (Å²) >= 11 is 0. The van der Waals surface area contributed by atoms with E-state index in [-0.39, 0.29) is 20.1 Å². The zero-order valence-corrected chi connectivity index (χ0v) is 29.0. The number of pyridine rings is 2. The van der Waals surface area contributed by atoms with E-state index in [2.05, 4.69) is 70.6 Å². The Kier molecular flexibility index (Phi) is 7.79. The standard InChI is InChI=1S/C24H14N3O.C15H18NSi.Ir/c1-2-7-16(8-3-1)27-21-15-25-14-13-20(21)26-24(27)19-11-6-10-18-17-9-4-5-12-22(17)28-23(18)19;1-12-5-7-13(8-6-12)15-10-9-14(11-16-15)17(2,3)4;/h1-10,12-15H;5-7,9-11H,1-4H3;/q2*-1;/i;1D3;. The van der Waals surface area contributed by atoms with Gasteiger partial charge in [0.25, 0.3) is 0 Å². The van der Waals surface area contributed by atoms with Gasteiger partial charge in [-0.2, -0.15) is 0 Å². The molecule has 8 aromatic rings. The summed E-state index contributed by atoms with van der Waals surface area (Å²) in [5, 5.41) is 3.46. The summed E-state index contributed by atoms with van der Waals surface area (Å²) < 4.78 is 30.4. The molecular formula is C39H32IrN4OSi-2. The molecule has 4 heterocycles. The molecule has 7 heteroatoms. The molecule has 0 aliphatic heterocycles. The third-order valence-electron chi connectivity index (χ3n) is 7.75. The topological polar surface area (TPSA) is 56.7 Å². The molecular weight excluding hydrogens is 761 g/mol. The van der Waals surface area contributed by atoms with Gasteiger partial charge < -0.3 is 14.0 Å². The number of rotatable bonds is 4. The zero-order chi connectivity index (χ0) is 33.5. The number of furan rings is 1. The summed E-state index contributed by atoms with van der Waals surface area (Å²) in [7, 11) is -1.34. The first-order valence-corrected chi connectivity index (χ1v) is 18.3. The van der Waals surface area contributed by atoms with E-state index < -0.39 is 14.9 Å². The van der Waals surface area contributed by atoms with Crippen molar-refractivity contribution in [2.24, 2.45) is 0 Å². The van der Waals surface area contributed by atoms with Crippen LogP contribution < -0.4 is 5.19 Å². The number of benzene rings is 4. The van der Waals surface area contributed by atoms with E-state index in [0.29, 0.717) is 5.56 Å². The summed E-state index contributed by atoms with van der Waals surface area (Å²) in [4.78, 5) is 13.7. The second kappa shape index (κ2) is 13.0. The van der Waals surface area contributed by atoms with Gasteiger partial charge in [-0.3, -0.25) is 9.97 Å². The molecule has 0 bridgehead atoms. The van der Waals surface area contributed by atoms with Gasteiger partial charge in [0.1, 0.15) is 5.58 Å². The summed E-state index contributed by atoms with van der Waals surface area (Å²) in [6.45, 7) is 4.76. The minimum absolute atomic E-state index is 0. The SMILES string of the molecule is [2H]C([2H])([2H])c1c[c-]c(-c2ccc([Si](C)(C)C)cn2)cc1.[Ir].[c-]1ccc2c(oc3ccccc32)c1-c1nc2ccncc2n1-c1ccccc1. The van der Waals surface area contributed by atoms with Gasteiger partial charge in [0.2, 0.25) is 0 Å². The number of hydrogen-bond acceptors (Lipinski definition) is 4. The van der Waals surface area contributed by atoms with Crippen molar-refractivity contribution in [3.05, 3.63) is 139 Å². The minimum Gasteiger partial charge on any atom is -0.501 e. The first-order chi connectivity index (χ1) is 23.1. The van der Waals surface area contributed by atoms with Crippen LogP contribution in [0.15, 0.2) is 126 Å². The molecule has 0 aliphatic rings. The quantitative estimate of drug-likeness (QED) is 0.132. The van der Waals surface area contributed by atoms with Gasteiger partial charge in [-0.15, -0.1) is 53.6 Å². The number of aromatic nitrogens is 4. The van der Waals surface area contributed by atoms with Crippen molar-refractivity contribution < 1.29 is 28.6 Å². The van der Waals surface area contributed by atoms with Crippen molar-refractivity contribution in [2.75, 3.05) is 0 Å². The molecule has 0 fully saturated rings. The van der Waals surface area contributed by atoms with Crippen LogP contribution in [0, 0.1) is 19.0 Å². The molecule has 229 valence electrons. The van der Waals surface area contributed by atoms with Crippen LogP contribution in [0.1, 0.15) is 9.68 Å². The maximum absolute atomic E-state index is 7.35. The van der Waals surface area contributed by atoms with Gasteiger partial charge in [-0.05, 0) is 35.1 Å². The van der Waals surface area contributed by atoms with Crippen molar-refractivity contribution >= 4 is 46.2 Å². The van der Waals surface area contributed by atoms with E-state index in [1.807, 2.05) is 73.1 Å². The van der Waals surface area contributed by atoms with E-state index in [9.17, 15) is 0 Å². The molecule has 46 heavy (non-hydrogen) atoms. The van der Waals surface area contributed by atoms with E-state index >= 15 is 0 Å². The molecule has 0 atom stereocenters. The monoisotopic (exact) mass is 796 g/mol. The number of nitrogens with zero attached hydrogens (tertiary/aromatic N) is 4. The first-order valence-electron chi connectivity index (χ1n) is 16.3. The Labute approximate surface area is 287 Å². The Balaban J connectivity index is 0.000000177. The minimum atomic E-state index is -2.08. The Morgan fingerprint density at radius 2 is 1.65 bits per heavy atom. The number of aryl methyl sites for hydroxylation is 1. The average Bonchev–Trinajstić information content (AvgIpc) is 3.67.